The number of carboxylic acid groups (broad SMARTS) is 1. The SMILES string of the molecule is C=C(C)C(=O)OC(=O)C(=O)O. The number of carbonyl (C=O) groups is 3. The highest BCUT2D eigenvalue weighted by Crippen LogP contribution is 1.91. The number of rotatable bonds is 1. The van der Waals surface area contributed by atoms with E-state index in [4.69, 9.17) is 5.11 Å². The molecular formula is C6H6O5. The minimum atomic E-state index is -1.81. The molecule has 5 nitrogen and oxygen atoms in total. The third-order valence-corrected chi connectivity index (χ3v) is 0.708. The van der Waals surface area contributed by atoms with E-state index in [1.54, 1.807) is 0 Å². The minimum Gasteiger partial charge on any atom is -0.473 e. The summed E-state index contributed by atoms with van der Waals surface area (Å²) in [4.78, 5) is 30.4. The Balaban J connectivity index is 4.07. The van der Waals surface area contributed by atoms with E-state index in [-0.39, 0.29) is 5.57 Å². The molecule has 0 fully saturated rings. The summed E-state index contributed by atoms with van der Waals surface area (Å²) in [6.07, 6.45) is 0. The summed E-state index contributed by atoms with van der Waals surface area (Å²) in [6, 6.07) is 0. The average Bonchev–Trinajstić information content (AvgIpc) is 1.87. The summed E-state index contributed by atoms with van der Waals surface area (Å²) in [5, 5.41) is 7.96. The van der Waals surface area contributed by atoms with Crippen LogP contribution in [0.25, 0.3) is 0 Å². The van der Waals surface area contributed by atoms with E-state index in [9.17, 15) is 14.4 Å². The van der Waals surface area contributed by atoms with Crippen LogP contribution < -0.4 is 0 Å². The number of carbonyl (C=O) groups excluding carboxylic acids is 2. The number of ether oxygens (including phenoxy) is 1. The Morgan fingerprint density at radius 2 is 1.73 bits per heavy atom. The van der Waals surface area contributed by atoms with Gasteiger partial charge in [0.15, 0.2) is 0 Å². The van der Waals surface area contributed by atoms with Gasteiger partial charge in [-0.3, -0.25) is 0 Å². The molecule has 0 aromatic heterocycles. The average molecular weight is 158 g/mol. The first-order valence-electron chi connectivity index (χ1n) is 2.60. The first-order chi connectivity index (χ1) is 4.95. The third-order valence-electron chi connectivity index (χ3n) is 0.708. The van der Waals surface area contributed by atoms with Gasteiger partial charge in [0.2, 0.25) is 0 Å². The van der Waals surface area contributed by atoms with Gasteiger partial charge in [0.05, 0.1) is 0 Å². The van der Waals surface area contributed by atoms with E-state index in [2.05, 4.69) is 11.3 Å². The van der Waals surface area contributed by atoms with Crippen LogP contribution in [0.15, 0.2) is 12.2 Å². The van der Waals surface area contributed by atoms with Crippen LogP contribution in [0.3, 0.4) is 0 Å². The Kier molecular flexibility index (Phi) is 2.98. The second kappa shape index (κ2) is 3.50. The molecule has 0 aromatic rings. The van der Waals surface area contributed by atoms with Crippen molar-refractivity contribution in [1.82, 2.24) is 0 Å². The van der Waals surface area contributed by atoms with Crippen molar-refractivity contribution in [3.63, 3.8) is 0 Å². The molecule has 1 N–H and O–H groups in total. The van der Waals surface area contributed by atoms with Crippen molar-refractivity contribution in [3.05, 3.63) is 12.2 Å². The molecule has 5 heteroatoms. The normalized spacial score (nSPS) is 8.45. The molecule has 0 spiro atoms. The predicted molar refractivity (Wildman–Crippen MR) is 33.5 cm³/mol. The molecule has 0 aliphatic carbocycles. The number of aliphatic carboxylic acids is 1. The van der Waals surface area contributed by atoms with Crippen LogP contribution in [0.5, 0.6) is 0 Å². The molecule has 0 radical (unpaired) electrons. The van der Waals surface area contributed by atoms with Crippen molar-refractivity contribution in [3.8, 4) is 0 Å². The van der Waals surface area contributed by atoms with Gasteiger partial charge in [-0.2, -0.15) is 0 Å². The third kappa shape index (κ3) is 3.14. The number of hydrogen-bond donors (Lipinski definition) is 1. The Morgan fingerprint density at radius 3 is 2.00 bits per heavy atom. The first kappa shape index (κ1) is 9.35. The van der Waals surface area contributed by atoms with Crippen LogP contribution in [0.4, 0.5) is 0 Å². The summed E-state index contributed by atoms with van der Waals surface area (Å²) in [5.74, 6) is -4.44. The lowest BCUT2D eigenvalue weighted by Crippen LogP contribution is -2.20. The van der Waals surface area contributed by atoms with Gasteiger partial charge in [-0.15, -0.1) is 0 Å². The molecule has 0 rings (SSSR count). The zero-order valence-electron chi connectivity index (χ0n) is 5.79. The molecule has 0 atom stereocenters. The van der Waals surface area contributed by atoms with Crippen LogP contribution in [-0.4, -0.2) is 23.0 Å². The van der Waals surface area contributed by atoms with Gasteiger partial charge >= 0.3 is 17.9 Å². The van der Waals surface area contributed by atoms with Gasteiger partial charge < -0.3 is 9.84 Å². The van der Waals surface area contributed by atoms with Gasteiger partial charge in [-0.25, -0.2) is 14.4 Å². The first-order valence-corrected chi connectivity index (χ1v) is 2.60. The lowest BCUT2D eigenvalue weighted by molar-refractivity contribution is -0.169. The van der Waals surface area contributed by atoms with Crippen molar-refractivity contribution >= 4 is 17.9 Å². The molecule has 0 saturated heterocycles. The highest BCUT2D eigenvalue weighted by atomic mass is 16.6. The lowest BCUT2D eigenvalue weighted by atomic mass is 10.4. The van der Waals surface area contributed by atoms with E-state index in [1.165, 1.54) is 6.92 Å². The molecule has 0 aromatic carbocycles. The molecule has 0 bridgehead atoms. The van der Waals surface area contributed by atoms with Gasteiger partial charge in [0.1, 0.15) is 0 Å². The zero-order valence-corrected chi connectivity index (χ0v) is 5.79. The number of hydrogen-bond acceptors (Lipinski definition) is 4. The van der Waals surface area contributed by atoms with Crippen molar-refractivity contribution < 1.29 is 24.2 Å². The van der Waals surface area contributed by atoms with Crippen LogP contribution >= 0.6 is 0 Å². The standard InChI is InChI=1S/C6H6O5/c1-3(2)5(9)11-6(10)4(7)8/h1H2,2H3,(H,7,8). The van der Waals surface area contributed by atoms with Gasteiger partial charge in [0, 0.05) is 5.57 Å². The topological polar surface area (TPSA) is 80.7 Å². The minimum absolute atomic E-state index is 0.0281. The van der Waals surface area contributed by atoms with E-state index >= 15 is 0 Å². The summed E-state index contributed by atoms with van der Waals surface area (Å²) >= 11 is 0. The Hall–Kier alpha value is -1.65. The molecule has 0 amide bonds. The lowest BCUT2D eigenvalue weighted by Gasteiger charge is -1.96. The zero-order chi connectivity index (χ0) is 9.02. The molecule has 0 aliphatic heterocycles. The summed E-state index contributed by atoms with van der Waals surface area (Å²) in [5.41, 5.74) is -0.0281. The molecule has 0 heterocycles. The highest BCUT2D eigenvalue weighted by Gasteiger charge is 2.17. The fourth-order valence-corrected chi connectivity index (χ4v) is 0.215. The maximum Gasteiger partial charge on any atom is 0.425 e. The van der Waals surface area contributed by atoms with E-state index in [0.717, 1.165) is 0 Å². The molecular weight excluding hydrogens is 152 g/mol. The van der Waals surface area contributed by atoms with Crippen molar-refractivity contribution in [2.24, 2.45) is 0 Å². The monoisotopic (exact) mass is 158 g/mol. The van der Waals surface area contributed by atoms with Crippen LogP contribution in [0, 0.1) is 0 Å². The van der Waals surface area contributed by atoms with E-state index in [0.29, 0.717) is 0 Å². The van der Waals surface area contributed by atoms with Crippen molar-refractivity contribution in [2.45, 2.75) is 6.92 Å². The predicted octanol–water partition coefficient (Wildman–Crippen LogP) is -0.283. The second-order valence-corrected chi connectivity index (χ2v) is 1.76. The quantitative estimate of drug-likeness (QED) is 0.245. The largest absolute Gasteiger partial charge is 0.473 e. The Bertz CT molecular complexity index is 203. The maximum absolute atomic E-state index is 10.5. The smallest absolute Gasteiger partial charge is 0.425 e. The van der Waals surface area contributed by atoms with Gasteiger partial charge in [0.25, 0.3) is 0 Å². The fourth-order valence-electron chi connectivity index (χ4n) is 0.215. The summed E-state index contributed by atoms with van der Waals surface area (Å²) in [6.45, 7) is 4.45. The summed E-state index contributed by atoms with van der Waals surface area (Å²) in [7, 11) is 0. The second-order valence-electron chi connectivity index (χ2n) is 1.76. The van der Waals surface area contributed by atoms with Crippen LogP contribution in [-0.2, 0) is 19.1 Å². The van der Waals surface area contributed by atoms with Gasteiger partial charge in [-0.05, 0) is 6.92 Å². The highest BCUT2D eigenvalue weighted by molar-refractivity contribution is 6.31. The van der Waals surface area contributed by atoms with Gasteiger partial charge in [-0.1, -0.05) is 6.58 Å². The van der Waals surface area contributed by atoms with Crippen molar-refractivity contribution in [2.75, 3.05) is 0 Å². The number of carboxylic acids is 1. The molecule has 60 valence electrons. The maximum atomic E-state index is 10.5. The molecule has 11 heavy (non-hydrogen) atoms. The Labute approximate surface area is 62.3 Å². The van der Waals surface area contributed by atoms with E-state index < -0.39 is 17.9 Å². The van der Waals surface area contributed by atoms with Crippen molar-refractivity contribution in [1.29, 1.82) is 0 Å². The van der Waals surface area contributed by atoms with Crippen LogP contribution in [0.2, 0.25) is 0 Å². The fraction of sp³-hybridized carbons (Fsp3) is 0.167. The Morgan fingerprint density at radius 1 is 1.27 bits per heavy atom. The van der Waals surface area contributed by atoms with E-state index in [1.807, 2.05) is 0 Å². The molecule has 0 aliphatic rings. The molecule has 0 saturated carbocycles. The molecule has 0 unspecified atom stereocenters. The number of esters is 2. The summed E-state index contributed by atoms with van der Waals surface area (Å²) < 4.78 is 3.80. The van der Waals surface area contributed by atoms with Crippen LogP contribution in [0.1, 0.15) is 6.92 Å².